The summed E-state index contributed by atoms with van der Waals surface area (Å²) in [4.78, 5) is 20.9. The Morgan fingerprint density at radius 2 is 1.81 bits per heavy atom. The van der Waals surface area contributed by atoms with Crippen LogP contribution in [0, 0.1) is 0 Å². The van der Waals surface area contributed by atoms with Crippen LogP contribution in [-0.2, 0) is 13.1 Å². The number of carbonyl (C=O) groups is 1. The van der Waals surface area contributed by atoms with Crippen molar-refractivity contribution in [3.63, 3.8) is 0 Å². The second-order valence-corrected chi connectivity index (χ2v) is 8.25. The van der Waals surface area contributed by atoms with Gasteiger partial charge in [0.15, 0.2) is 5.69 Å². The standard InChI is InChI=1S/C25H32N4O3/c1-19(2)29(17-24-27-23(18-31-24)25(30)26-13-14-28(3)4)16-20-9-8-12-22(15-20)32-21-10-6-5-7-11-21/h5-12,15,18-19H,13-14,16-17H2,1-4H3,(H,26,30). The molecule has 3 rings (SSSR count). The zero-order valence-corrected chi connectivity index (χ0v) is 19.2. The summed E-state index contributed by atoms with van der Waals surface area (Å²) in [7, 11) is 3.93. The Labute approximate surface area is 190 Å². The van der Waals surface area contributed by atoms with Crippen LogP contribution in [0.3, 0.4) is 0 Å². The number of para-hydroxylation sites is 1. The monoisotopic (exact) mass is 436 g/mol. The van der Waals surface area contributed by atoms with Crippen LogP contribution in [0.2, 0.25) is 0 Å². The molecule has 1 N–H and O–H groups in total. The van der Waals surface area contributed by atoms with Crippen LogP contribution >= 0.6 is 0 Å². The van der Waals surface area contributed by atoms with Crippen LogP contribution in [0.15, 0.2) is 65.3 Å². The van der Waals surface area contributed by atoms with Gasteiger partial charge in [-0.3, -0.25) is 9.69 Å². The second-order valence-electron chi connectivity index (χ2n) is 8.25. The molecule has 0 fully saturated rings. The van der Waals surface area contributed by atoms with Gasteiger partial charge in [-0.2, -0.15) is 0 Å². The summed E-state index contributed by atoms with van der Waals surface area (Å²) >= 11 is 0. The molecule has 0 spiro atoms. The highest BCUT2D eigenvalue weighted by atomic mass is 16.5. The van der Waals surface area contributed by atoms with Gasteiger partial charge < -0.3 is 19.4 Å². The van der Waals surface area contributed by atoms with Gasteiger partial charge in [0.05, 0.1) is 6.54 Å². The first kappa shape index (κ1) is 23.5. The van der Waals surface area contributed by atoms with E-state index in [0.29, 0.717) is 31.2 Å². The van der Waals surface area contributed by atoms with Crippen molar-refractivity contribution < 1.29 is 13.9 Å². The molecule has 0 saturated carbocycles. The van der Waals surface area contributed by atoms with Crippen LogP contribution in [0.25, 0.3) is 0 Å². The first-order chi connectivity index (χ1) is 15.4. The number of aromatic nitrogens is 1. The minimum absolute atomic E-state index is 0.219. The highest BCUT2D eigenvalue weighted by molar-refractivity contribution is 5.91. The number of nitrogens with zero attached hydrogens (tertiary/aromatic N) is 3. The summed E-state index contributed by atoms with van der Waals surface area (Å²) in [6.45, 7) is 6.80. The van der Waals surface area contributed by atoms with Gasteiger partial charge in [-0.05, 0) is 57.8 Å². The van der Waals surface area contributed by atoms with Crippen molar-refractivity contribution in [2.45, 2.75) is 33.0 Å². The van der Waals surface area contributed by atoms with E-state index in [4.69, 9.17) is 9.15 Å². The van der Waals surface area contributed by atoms with E-state index in [2.05, 4.69) is 35.1 Å². The number of amides is 1. The largest absolute Gasteiger partial charge is 0.457 e. The van der Waals surface area contributed by atoms with Crippen molar-refractivity contribution in [2.75, 3.05) is 27.2 Å². The zero-order chi connectivity index (χ0) is 22.9. The molecule has 0 saturated heterocycles. The Morgan fingerprint density at radius 1 is 1.06 bits per heavy atom. The summed E-state index contributed by atoms with van der Waals surface area (Å²) in [5, 5.41) is 2.86. The molecule has 0 aliphatic rings. The Balaban J connectivity index is 1.61. The lowest BCUT2D eigenvalue weighted by Crippen LogP contribution is -2.32. The molecule has 7 heteroatoms. The predicted molar refractivity (Wildman–Crippen MR) is 125 cm³/mol. The van der Waals surface area contributed by atoms with Crippen LogP contribution in [0.5, 0.6) is 11.5 Å². The van der Waals surface area contributed by atoms with E-state index in [0.717, 1.165) is 23.6 Å². The normalized spacial score (nSPS) is 11.3. The Kier molecular flexibility index (Phi) is 8.41. The average Bonchev–Trinajstić information content (AvgIpc) is 3.23. The van der Waals surface area contributed by atoms with Crippen molar-refractivity contribution in [3.8, 4) is 11.5 Å². The molecule has 0 bridgehead atoms. The quantitative estimate of drug-likeness (QED) is 0.487. The van der Waals surface area contributed by atoms with Crippen molar-refractivity contribution in [1.29, 1.82) is 0 Å². The van der Waals surface area contributed by atoms with Crippen LogP contribution in [-0.4, -0.2) is 53.9 Å². The Morgan fingerprint density at radius 3 is 2.53 bits per heavy atom. The lowest BCUT2D eigenvalue weighted by Gasteiger charge is -2.25. The summed E-state index contributed by atoms with van der Waals surface area (Å²) in [6, 6.07) is 18.1. The minimum Gasteiger partial charge on any atom is -0.457 e. The molecule has 0 aliphatic heterocycles. The lowest BCUT2D eigenvalue weighted by atomic mass is 10.1. The van der Waals surface area contributed by atoms with Crippen LogP contribution < -0.4 is 10.1 Å². The van der Waals surface area contributed by atoms with Crippen LogP contribution in [0.1, 0.15) is 35.8 Å². The fourth-order valence-corrected chi connectivity index (χ4v) is 3.13. The molecule has 0 radical (unpaired) electrons. The average molecular weight is 437 g/mol. The van der Waals surface area contributed by atoms with Crippen LogP contribution in [0.4, 0.5) is 0 Å². The van der Waals surface area contributed by atoms with E-state index in [-0.39, 0.29) is 11.9 Å². The highest BCUT2D eigenvalue weighted by Gasteiger charge is 2.17. The predicted octanol–water partition coefficient (Wildman–Crippen LogP) is 4.17. The molecule has 3 aromatic rings. The molecule has 2 aromatic carbocycles. The maximum absolute atomic E-state index is 12.3. The molecular formula is C25H32N4O3. The molecule has 1 amide bonds. The molecule has 0 aliphatic carbocycles. The topological polar surface area (TPSA) is 70.8 Å². The molecule has 1 heterocycles. The number of nitrogens with one attached hydrogen (secondary N) is 1. The van der Waals surface area contributed by atoms with Crippen molar-refractivity contribution in [1.82, 2.24) is 20.1 Å². The fraction of sp³-hybridized carbons (Fsp3) is 0.360. The van der Waals surface area contributed by atoms with Gasteiger partial charge in [0.2, 0.25) is 5.89 Å². The van der Waals surface area contributed by atoms with Crippen molar-refractivity contribution in [3.05, 3.63) is 78.0 Å². The number of rotatable bonds is 11. The van der Waals surface area contributed by atoms with Gasteiger partial charge in [-0.1, -0.05) is 30.3 Å². The number of ether oxygens (including phenoxy) is 1. The number of benzene rings is 2. The molecule has 170 valence electrons. The van der Waals surface area contributed by atoms with E-state index in [9.17, 15) is 4.79 Å². The Bertz CT molecular complexity index is 986. The smallest absolute Gasteiger partial charge is 0.273 e. The van der Waals surface area contributed by atoms with E-state index >= 15 is 0 Å². The highest BCUT2D eigenvalue weighted by Crippen LogP contribution is 2.23. The number of oxazole rings is 1. The maximum atomic E-state index is 12.3. The van der Waals surface area contributed by atoms with Gasteiger partial charge >= 0.3 is 0 Å². The van der Waals surface area contributed by atoms with E-state index in [1.165, 1.54) is 6.26 Å². The first-order valence-corrected chi connectivity index (χ1v) is 10.8. The lowest BCUT2D eigenvalue weighted by molar-refractivity contribution is 0.0946. The summed E-state index contributed by atoms with van der Waals surface area (Å²) < 4.78 is 11.5. The second kappa shape index (κ2) is 11.5. The van der Waals surface area contributed by atoms with Gasteiger partial charge in [0.1, 0.15) is 17.8 Å². The maximum Gasteiger partial charge on any atom is 0.273 e. The minimum atomic E-state index is -0.219. The molecular weight excluding hydrogens is 404 g/mol. The fourth-order valence-electron chi connectivity index (χ4n) is 3.13. The summed E-state index contributed by atoms with van der Waals surface area (Å²) in [5.41, 5.74) is 1.43. The molecule has 7 nitrogen and oxygen atoms in total. The zero-order valence-electron chi connectivity index (χ0n) is 19.2. The number of carbonyl (C=O) groups excluding carboxylic acids is 1. The molecule has 0 atom stereocenters. The van der Waals surface area contributed by atoms with Gasteiger partial charge in [0.25, 0.3) is 5.91 Å². The summed E-state index contributed by atoms with van der Waals surface area (Å²) in [5.74, 6) is 1.91. The Hall–Kier alpha value is -3.16. The van der Waals surface area contributed by atoms with Gasteiger partial charge in [-0.15, -0.1) is 0 Å². The SMILES string of the molecule is CC(C)N(Cc1cccc(Oc2ccccc2)c1)Cc1nc(C(=O)NCCN(C)C)co1. The van der Waals surface area contributed by atoms with Crippen molar-refractivity contribution >= 4 is 5.91 Å². The number of likely N-dealkylation sites (N-methyl/N-ethyl adjacent to an activating group) is 1. The van der Waals surface area contributed by atoms with Gasteiger partial charge in [0, 0.05) is 25.7 Å². The molecule has 0 unspecified atom stereocenters. The third-order valence-electron chi connectivity index (χ3n) is 4.96. The number of hydrogen-bond acceptors (Lipinski definition) is 6. The summed E-state index contributed by atoms with van der Waals surface area (Å²) in [6.07, 6.45) is 1.42. The third kappa shape index (κ3) is 7.21. The van der Waals surface area contributed by atoms with E-state index < -0.39 is 0 Å². The third-order valence-corrected chi connectivity index (χ3v) is 4.96. The first-order valence-electron chi connectivity index (χ1n) is 10.8. The van der Waals surface area contributed by atoms with Crippen molar-refractivity contribution in [2.24, 2.45) is 0 Å². The molecule has 32 heavy (non-hydrogen) atoms. The van der Waals surface area contributed by atoms with E-state index in [1.54, 1.807) is 0 Å². The van der Waals surface area contributed by atoms with Gasteiger partial charge in [-0.25, -0.2) is 4.98 Å². The molecule has 1 aromatic heterocycles. The number of hydrogen-bond donors (Lipinski definition) is 1. The van der Waals surface area contributed by atoms with E-state index in [1.807, 2.05) is 67.5 Å².